The van der Waals surface area contributed by atoms with Gasteiger partial charge in [0.2, 0.25) is 0 Å². The topological polar surface area (TPSA) is 86.6 Å². The first-order valence-corrected chi connectivity index (χ1v) is 6.65. The first-order valence-electron chi connectivity index (χ1n) is 6.65. The quantitative estimate of drug-likeness (QED) is 0.663. The van der Waals surface area contributed by atoms with Crippen LogP contribution in [0.4, 0.5) is 0 Å². The Labute approximate surface area is 107 Å². The van der Waals surface area contributed by atoms with E-state index in [0.717, 1.165) is 6.42 Å². The largest absolute Gasteiger partial charge is 0.481 e. The summed E-state index contributed by atoms with van der Waals surface area (Å²) >= 11 is 0. The number of nitrogens with one attached hydrogen (secondary N) is 1. The van der Waals surface area contributed by atoms with E-state index in [1.807, 2.05) is 0 Å². The number of fused-ring (bicyclic) bond motifs is 1. The summed E-state index contributed by atoms with van der Waals surface area (Å²) in [5.74, 6) is -1.95. The number of carbonyl (C=O) groups is 2. The van der Waals surface area contributed by atoms with Crippen molar-refractivity contribution < 1.29 is 19.8 Å². The van der Waals surface area contributed by atoms with E-state index in [0.29, 0.717) is 25.3 Å². The number of aliphatic carboxylic acids is 2. The maximum atomic E-state index is 11.6. The Bertz CT molecular complexity index is 370. The lowest BCUT2D eigenvalue weighted by Crippen LogP contribution is -2.54. The minimum Gasteiger partial charge on any atom is -0.481 e. The Morgan fingerprint density at radius 2 is 2.11 bits per heavy atom. The molecule has 2 rings (SSSR count). The van der Waals surface area contributed by atoms with Crippen LogP contribution in [0.15, 0.2) is 0 Å². The molecule has 0 spiro atoms. The predicted octanol–water partition coefficient (Wildman–Crippen LogP) is 1.19. The van der Waals surface area contributed by atoms with Gasteiger partial charge < -0.3 is 15.5 Å². The average molecular weight is 255 g/mol. The van der Waals surface area contributed by atoms with Crippen molar-refractivity contribution in [1.29, 1.82) is 0 Å². The first kappa shape index (κ1) is 13.3. The zero-order chi connectivity index (χ0) is 13.5. The van der Waals surface area contributed by atoms with E-state index >= 15 is 0 Å². The molecular weight excluding hydrogens is 234 g/mol. The van der Waals surface area contributed by atoms with E-state index in [1.54, 1.807) is 0 Å². The van der Waals surface area contributed by atoms with Crippen molar-refractivity contribution in [3.05, 3.63) is 0 Å². The zero-order valence-corrected chi connectivity index (χ0v) is 10.8. The summed E-state index contributed by atoms with van der Waals surface area (Å²) < 4.78 is 0. The molecule has 18 heavy (non-hydrogen) atoms. The van der Waals surface area contributed by atoms with Crippen molar-refractivity contribution in [2.75, 3.05) is 6.54 Å². The molecular formula is C13H21NO4. The van der Waals surface area contributed by atoms with Crippen molar-refractivity contribution in [3.63, 3.8) is 0 Å². The van der Waals surface area contributed by atoms with Gasteiger partial charge in [-0.25, -0.2) is 0 Å². The van der Waals surface area contributed by atoms with Gasteiger partial charge in [0.1, 0.15) is 5.54 Å². The summed E-state index contributed by atoms with van der Waals surface area (Å²) in [5.41, 5.74) is -1.00. The molecule has 5 nitrogen and oxygen atoms in total. The summed E-state index contributed by atoms with van der Waals surface area (Å²) in [7, 11) is 0. The van der Waals surface area contributed by atoms with Crippen LogP contribution in [0.25, 0.3) is 0 Å². The molecule has 0 saturated heterocycles. The molecule has 102 valence electrons. The lowest BCUT2D eigenvalue weighted by molar-refractivity contribution is -0.147. The molecule has 3 N–H and O–H groups in total. The number of rotatable bonds is 6. The van der Waals surface area contributed by atoms with Crippen LogP contribution in [0, 0.1) is 23.7 Å². The standard InChI is InChI=1S/C13H21NO4/c1-3-7(2)6-14-13(12(17)18)5-4-8-9(10(8)13)11(15)16/h7-10,14H,3-6H2,1-2H3,(H,15,16)(H,17,18). The van der Waals surface area contributed by atoms with Crippen LogP contribution >= 0.6 is 0 Å². The molecule has 5 unspecified atom stereocenters. The smallest absolute Gasteiger partial charge is 0.324 e. The predicted molar refractivity (Wildman–Crippen MR) is 65.2 cm³/mol. The monoisotopic (exact) mass is 255 g/mol. The third-order valence-electron chi connectivity index (χ3n) is 4.74. The van der Waals surface area contributed by atoms with Gasteiger partial charge in [0.25, 0.3) is 0 Å². The molecule has 0 aliphatic heterocycles. The molecule has 0 bridgehead atoms. The van der Waals surface area contributed by atoms with Crippen LogP contribution in [-0.4, -0.2) is 34.2 Å². The van der Waals surface area contributed by atoms with E-state index < -0.39 is 23.4 Å². The Kier molecular flexibility index (Phi) is 3.36. The molecule has 2 aliphatic rings. The molecule has 0 aromatic rings. The van der Waals surface area contributed by atoms with Crippen molar-refractivity contribution in [2.45, 2.75) is 38.6 Å². The van der Waals surface area contributed by atoms with Crippen LogP contribution in [0.3, 0.4) is 0 Å². The summed E-state index contributed by atoms with van der Waals surface area (Å²) in [4.78, 5) is 22.6. The van der Waals surface area contributed by atoms with Gasteiger partial charge in [-0.15, -0.1) is 0 Å². The van der Waals surface area contributed by atoms with E-state index in [1.165, 1.54) is 0 Å². The highest BCUT2D eigenvalue weighted by atomic mass is 16.4. The van der Waals surface area contributed by atoms with Crippen molar-refractivity contribution >= 4 is 11.9 Å². The third kappa shape index (κ3) is 1.90. The Morgan fingerprint density at radius 1 is 1.44 bits per heavy atom. The normalized spacial score (nSPS) is 39.1. The van der Waals surface area contributed by atoms with Gasteiger partial charge in [0, 0.05) is 5.92 Å². The maximum Gasteiger partial charge on any atom is 0.324 e. The second kappa shape index (κ2) is 4.53. The first-order chi connectivity index (χ1) is 8.44. The van der Waals surface area contributed by atoms with Gasteiger partial charge in [-0.3, -0.25) is 9.59 Å². The van der Waals surface area contributed by atoms with Crippen LogP contribution in [0.1, 0.15) is 33.1 Å². The molecule has 2 saturated carbocycles. The average Bonchev–Trinajstić information content (AvgIpc) is 2.94. The van der Waals surface area contributed by atoms with Crippen molar-refractivity contribution in [1.82, 2.24) is 5.32 Å². The summed E-state index contributed by atoms with van der Waals surface area (Å²) in [5, 5.41) is 21.7. The molecule has 0 aromatic carbocycles. The number of carboxylic acid groups (broad SMARTS) is 2. The van der Waals surface area contributed by atoms with Crippen LogP contribution < -0.4 is 5.32 Å². The molecule has 0 aromatic heterocycles. The Hall–Kier alpha value is -1.10. The maximum absolute atomic E-state index is 11.6. The van der Waals surface area contributed by atoms with Crippen molar-refractivity contribution in [2.24, 2.45) is 23.7 Å². The molecule has 0 heterocycles. The summed E-state index contributed by atoms with van der Waals surface area (Å²) in [6.07, 6.45) is 2.25. The minimum absolute atomic E-state index is 0.0584. The fraction of sp³-hybridized carbons (Fsp3) is 0.846. The highest BCUT2D eigenvalue weighted by Gasteiger charge is 2.71. The summed E-state index contributed by atoms with van der Waals surface area (Å²) in [6, 6.07) is 0. The van der Waals surface area contributed by atoms with Gasteiger partial charge in [-0.2, -0.15) is 0 Å². The second-order valence-corrected chi connectivity index (χ2v) is 5.76. The second-order valence-electron chi connectivity index (χ2n) is 5.76. The van der Waals surface area contributed by atoms with Gasteiger partial charge in [-0.05, 0) is 31.2 Å². The lowest BCUT2D eigenvalue weighted by Gasteiger charge is -2.30. The summed E-state index contributed by atoms with van der Waals surface area (Å²) in [6.45, 7) is 4.77. The van der Waals surface area contributed by atoms with Gasteiger partial charge >= 0.3 is 11.9 Å². The van der Waals surface area contributed by atoms with E-state index in [-0.39, 0.29) is 11.8 Å². The fourth-order valence-electron chi connectivity index (χ4n) is 3.33. The SMILES string of the molecule is CCC(C)CNC1(C(=O)O)CCC2C(C(=O)O)C21. The highest BCUT2D eigenvalue weighted by molar-refractivity contribution is 5.85. The third-order valence-corrected chi connectivity index (χ3v) is 4.74. The fourth-order valence-corrected chi connectivity index (χ4v) is 3.33. The van der Waals surface area contributed by atoms with E-state index in [9.17, 15) is 14.7 Å². The van der Waals surface area contributed by atoms with E-state index in [4.69, 9.17) is 5.11 Å². The van der Waals surface area contributed by atoms with Gasteiger partial charge in [-0.1, -0.05) is 20.3 Å². The highest BCUT2D eigenvalue weighted by Crippen LogP contribution is 2.62. The van der Waals surface area contributed by atoms with E-state index in [2.05, 4.69) is 19.2 Å². The molecule has 5 atom stereocenters. The minimum atomic E-state index is -1.00. The van der Waals surface area contributed by atoms with Crippen LogP contribution in [0.2, 0.25) is 0 Å². The Balaban J connectivity index is 2.09. The zero-order valence-electron chi connectivity index (χ0n) is 10.8. The molecule has 2 fully saturated rings. The number of carboxylic acids is 2. The van der Waals surface area contributed by atoms with Gasteiger partial charge in [0.15, 0.2) is 0 Å². The molecule has 5 heteroatoms. The Morgan fingerprint density at radius 3 is 2.56 bits per heavy atom. The van der Waals surface area contributed by atoms with Crippen molar-refractivity contribution in [3.8, 4) is 0 Å². The molecule has 2 aliphatic carbocycles. The van der Waals surface area contributed by atoms with Gasteiger partial charge in [0.05, 0.1) is 5.92 Å². The van der Waals surface area contributed by atoms with Crippen LogP contribution in [-0.2, 0) is 9.59 Å². The lowest BCUT2D eigenvalue weighted by atomic mass is 9.89. The molecule has 0 amide bonds. The number of hydrogen-bond acceptors (Lipinski definition) is 3. The molecule has 0 radical (unpaired) electrons. The van der Waals surface area contributed by atoms with Crippen LogP contribution in [0.5, 0.6) is 0 Å². The number of hydrogen-bond donors (Lipinski definition) is 3.